The van der Waals surface area contributed by atoms with Gasteiger partial charge in [-0.2, -0.15) is 0 Å². The van der Waals surface area contributed by atoms with E-state index in [-0.39, 0.29) is 18.0 Å². The molecular weight excluding hydrogens is 332 g/mol. The summed E-state index contributed by atoms with van der Waals surface area (Å²) in [6.45, 7) is 6.60. The highest BCUT2D eigenvalue weighted by atomic mass is 16.2. The third-order valence-corrected chi connectivity index (χ3v) is 6.78. The van der Waals surface area contributed by atoms with Crippen molar-refractivity contribution in [1.82, 2.24) is 0 Å². The van der Waals surface area contributed by atoms with Crippen LogP contribution >= 0.6 is 0 Å². The fourth-order valence-electron chi connectivity index (χ4n) is 4.98. The fraction of sp³-hybridized carbons (Fsp3) is 0.708. The van der Waals surface area contributed by atoms with Crippen LogP contribution in [0, 0.1) is 11.8 Å². The molecule has 1 saturated carbocycles. The number of nitrogens with two attached hydrogens (primary N) is 1. The molecule has 0 aromatic heterocycles. The van der Waals surface area contributed by atoms with Crippen molar-refractivity contribution in [1.29, 1.82) is 0 Å². The number of unbranched alkanes of at least 4 members (excludes halogenated alkanes) is 1. The Morgan fingerprint density at radius 1 is 1.22 bits per heavy atom. The minimum absolute atomic E-state index is 0.225. The van der Waals surface area contributed by atoms with Crippen molar-refractivity contribution in [2.24, 2.45) is 17.6 Å². The molecule has 3 nitrogen and oxygen atoms in total. The van der Waals surface area contributed by atoms with Crippen LogP contribution in [0.25, 0.3) is 0 Å². The molecule has 3 rings (SSSR count). The number of carbonyl (C=O) groups is 1. The molecule has 1 aromatic carbocycles. The largest absolute Gasteiger partial charge is 0.327 e. The average molecular weight is 371 g/mol. The molecule has 1 aliphatic carbocycles. The second kappa shape index (κ2) is 9.23. The van der Waals surface area contributed by atoms with E-state index in [9.17, 15) is 4.79 Å². The standard InChI is InChI=1S/C24H38N2O/c1-4-6-7-18-8-11-20(12-9-18)24(27)26-17(3)14-21-15-19(10-13-23(21)26)16-22(25)5-2/h10,13,15,17-18,20,22H,4-9,11-12,14,16,25H2,1-3H3. The maximum absolute atomic E-state index is 13.3. The number of hydrogen-bond acceptors (Lipinski definition) is 2. The molecule has 1 aromatic rings. The Kier molecular flexibility index (Phi) is 6.97. The second-order valence-electron chi connectivity index (χ2n) is 8.96. The predicted molar refractivity (Wildman–Crippen MR) is 114 cm³/mol. The minimum atomic E-state index is 0.225. The normalized spacial score (nSPS) is 26.1. The zero-order valence-corrected chi connectivity index (χ0v) is 17.5. The number of carbonyl (C=O) groups excluding carboxylic acids is 1. The van der Waals surface area contributed by atoms with E-state index in [2.05, 4.69) is 43.9 Å². The van der Waals surface area contributed by atoms with Gasteiger partial charge in [0.05, 0.1) is 0 Å². The van der Waals surface area contributed by atoms with Crippen molar-refractivity contribution in [2.75, 3.05) is 4.90 Å². The molecule has 1 fully saturated rings. The fourth-order valence-corrected chi connectivity index (χ4v) is 4.98. The summed E-state index contributed by atoms with van der Waals surface area (Å²) < 4.78 is 0. The first-order valence-corrected chi connectivity index (χ1v) is 11.2. The van der Waals surface area contributed by atoms with Gasteiger partial charge in [0.25, 0.3) is 0 Å². The minimum Gasteiger partial charge on any atom is -0.327 e. The summed E-state index contributed by atoms with van der Waals surface area (Å²) in [6.07, 6.45) is 11.5. The van der Waals surface area contributed by atoms with E-state index >= 15 is 0 Å². The Morgan fingerprint density at radius 3 is 2.63 bits per heavy atom. The zero-order valence-electron chi connectivity index (χ0n) is 17.5. The topological polar surface area (TPSA) is 46.3 Å². The molecule has 1 amide bonds. The third kappa shape index (κ3) is 4.74. The van der Waals surface area contributed by atoms with Crippen molar-refractivity contribution in [2.45, 2.75) is 97.1 Å². The Labute approximate surface area is 165 Å². The molecule has 2 atom stereocenters. The summed E-state index contributed by atoms with van der Waals surface area (Å²) in [6, 6.07) is 7.13. The molecule has 150 valence electrons. The number of benzene rings is 1. The quantitative estimate of drug-likeness (QED) is 0.713. The van der Waals surface area contributed by atoms with Gasteiger partial charge in [-0.05, 0) is 75.0 Å². The summed E-state index contributed by atoms with van der Waals surface area (Å²) in [5.74, 6) is 1.44. The van der Waals surface area contributed by atoms with Crippen LogP contribution in [0.1, 0.15) is 83.3 Å². The van der Waals surface area contributed by atoms with Gasteiger partial charge in [0, 0.05) is 23.7 Å². The van der Waals surface area contributed by atoms with Crippen LogP contribution in [0.15, 0.2) is 18.2 Å². The highest BCUT2D eigenvalue weighted by Crippen LogP contribution is 2.38. The monoisotopic (exact) mass is 370 g/mol. The van der Waals surface area contributed by atoms with E-state index in [0.29, 0.717) is 5.91 Å². The average Bonchev–Trinajstić information content (AvgIpc) is 3.01. The van der Waals surface area contributed by atoms with Crippen LogP contribution in [-0.2, 0) is 17.6 Å². The Hall–Kier alpha value is -1.35. The van der Waals surface area contributed by atoms with E-state index in [1.54, 1.807) is 0 Å². The van der Waals surface area contributed by atoms with Crippen molar-refractivity contribution in [3.05, 3.63) is 29.3 Å². The molecule has 2 N–H and O–H groups in total. The van der Waals surface area contributed by atoms with Gasteiger partial charge in [0.1, 0.15) is 0 Å². The third-order valence-electron chi connectivity index (χ3n) is 6.78. The van der Waals surface area contributed by atoms with E-state index < -0.39 is 0 Å². The molecule has 1 aliphatic heterocycles. The summed E-state index contributed by atoms with van der Waals surface area (Å²) in [4.78, 5) is 15.4. The Morgan fingerprint density at radius 2 is 1.96 bits per heavy atom. The molecule has 0 radical (unpaired) electrons. The smallest absolute Gasteiger partial charge is 0.230 e. The zero-order chi connectivity index (χ0) is 19.4. The number of rotatable bonds is 7. The van der Waals surface area contributed by atoms with E-state index in [1.807, 2.05) is 0 Å². The highest BCUT2D eigenvalue weighted by Gasteiger charge is 2.36. The predicted octanol–water partition coefficient (Wildman–Crippen LogP) is 5.24. The molecule has 3 heteroatoms. The van der Waals surface area contributed by atoms with E-state index in [1.165, 1.54) is 43.2 Å². The van der Waals surface area contributed by atoms with Gasteiger partial charge < -0.3 is 10.6 Å². The van der Waals surface area contributed by atoms with Crippen LogP contribution in [0.4, 0.5) is 5.69 Å². The molecule has 0 bridgehead atoms. The number of hydrogen-bond donors (Lipinski definition) is 1. The second-order valence-corrected chi connectivity index (χ2v) is 8.96. The van der Waals surface area contributed by atoms with Crippen molar-refractivity contribution in [3.63, 3.8) is 0 Å². The van der Waals surface area contributed by atoms with Crippen molar-refractivity contribution >= 4 is 11.6 Å². The van der Waals surface area contributed by atoms with Gasteiger partial charge in [-0.3, -0.25) is 4.79 Å². The van der Waals surface area contributed by atoms with Gasteiger partial charge in [-0.1, -0.05) is 45.2 Å². The first-order valence-electron chi connectivity index (χ1n) is 11.2. The van der Waals surface area contributed by atoms with Crippen LogP contribution in [-0.4, -0.2) is 18.0 Å². The molecule has 0 spiro atoms. The van der Waals surface area contributed by atoms with Gasteiger partial charge >= 0.3 is 0 Å². The van der Waals surface area contributed by atoms with Gasteiger partial charge in [0.2, 0.25) is 5.91 Å². The first-order chi connectivity index (χ1) is 13.0. The lowest BCUT2D eigenvalue weighted by molar-refractivity contribution is -0.123. The van der Waals surface area contributed by atoms with E-state index in [4.69, 9.17) is 5.73 Å². The van der Waals surface area contributed by atoms with Crippen LogP contribution < -0.4 is 10.6 Å². The maximum Gasteiger partial charge on any atom is 0.230 e. The van der Waals surface area contributed by atoms with Gasteiger partial charge in [-0.15, -0.1) is 0 Å². The van der Waals surface area contributed by atoms with E-state index in [0.717, 1.165) is 43.7 Å². The molecule has 2 aliphatic rings. The molecule has 27 heavy (non-hydrogen) atoms. The Balaban J connectivity index is 1.65. The lowest BCUT2D eigenvalue weighted by Gasteiger charge is -2.32. The molecule has 1 heterocycles. The Bertz CT molecular complexity index is 633. The molecule has 2 unspecified atom stereocenters. The molecule has 0 saturated heterocycles. The maximum atomic E-state index is 13.3. The van der Waals surface area contributed by atoms with Crippen LogP contribution in [0.5, 0.6) is 0 Å². The summed E-state index contributed by atoms with van der Waals surface area (Å²) in [5, 5.41) is 0. The summed E-state index contributed by atoms with van der Waals surface area (Å²) in [5.41, 5.74) is 9.91. The van der Waals surface area contributed by atoms with Crippen LogP contribution in [0.3, 0.4) is 0 Å². The first kappa shape index (κ1) is 20.4. The number of amides is 1. The molecular formula is C24H38N2O. The summed E-state index contributed by atoms with van der Waals surface area (Å²) >= 11 is 0. The van der Waals surface area contributed by atoms with Gasteiger partial charge in [-0.25, -0.2) is 0 Å². The summed E-state index contributed by atoms with van der Waals surface area (Å²) in [7, 11) is 0. The lowest BCUT2D eigenvalue weighted by atomic mass is 9.79. The number of nitrogens with zero attached hydrogens (tertiary/aromatic N) is 1. The number of anilines is 1. The van der Waals surface area contributed by atoms with Crippen molar-refractivity contribution in [3.8, 4) is 0 Å². The van der Waals surface area contributed by atoms with Gasteiger partial charge in [0.15, 0.2) is 0 Å². The highest BCUT2D eigenvalue weighted by molar-refractivity contribution is 5.97. The lowest BCUT2D eigenvalue weighted by Crippen LogP contribution is -2.41. The SMILES string of the molecule is CCCCC1CCC(C(=O)N2c3ccc(CC(N)CC)cc3CC2C)CC1. The van der Waals surface area contributed by atoms with Crippen molar-refractivity contribution < 1.29 is 4.79 Å². The number of fused-ring (bicyclic) bond motifs is 1. The van der Waals surface area contributed by atoms with Crippen LogP contribution in [0.2, 0.25) is 0 Å².